The Hall–Kier alpha value is 1.08. The molecule has 0 aromatic rings. The van der Waals surface area contributed by atoms with Crippen LogP contribution in [-0.2, 0) is 45.2 Å². The van der Waals surface area contributed by atoms with Crippen molar-refractivity contribution >= 4 is 58.2 Å². The summed E-state index contributed by atoms with van der Waals surface area (Å²) in [7, 11) is -14.9. The van der Waals surface area contributed by atoms with E-state index in [0.29, 0.717) is 6.61 Å². The Bertz CT molecular complexity index is 1070. The van der Waals surface area contributed by atoms with E-state index in [0.717, 1.165) is 0 Å². The molecule has 0 radical (unpaired) electrons. The molecule has 0 aromatic heterocycles. The van der Waals surface area contributed by atoms with Crippen LogP contribution < -0.4 is 0 Å². The zero-order valence-electron chi connectivity index (χ0n) is 36.2. The molecule has 51 heavy (non-hydrogen) atoms. The van der Waals surface area contributed by atoms with Crippen molar-refractivity contribution < 1.29 is 50.3 Å². The van der Waals surface area contributed by atoms with Gasteiger partial charge in [0.15, 0.2) is 70.8 Å². The molecular weight excluding hydrogens is 769 g/mol. The van der Waals surface area contributed by atoms with Gasteiger partial charge in [-0.05, 0) is 137 Å². The van der Waals surface area contributed by atoms with E-state index in [1.54, 1.807) is 0 Å². The minimum Gasteiger partial charge on any atom is -0.415 e. The normalized spacial score (nSPS) is 32.4. The average Bonchev–Trinajstić information content (AvgIpc) is 2.84. The lowest BCUT2D eigenvalue weighted by Crippen LogP contribution is -2.69. The molecule has 2 aliphatic rings. The lowest BCUT2D eigenvalue weighted by atomic mass is 9.97. The van der Waals surface area contributed by atoms with Gasteiger partial charge in [0.1, 0.15) is 48.8 Å². The van der Waals surface area contributed by atoms with E-state index >= 15 is 0 Å². The van der Waals surface area contributed by atoms with Crippen molar-refractivity contribution in [2.75, 3.05) is 13.2 Å². The van der Waals surface area contributed by atoms with E-state index in [4.69, 9.17) is 45.2 Å². The molecule has 11 nitrogen and oxygen atoms in total. The van der Waals surface area contributed by atoms with Crippen molar-refractivity contribution in [3.63, 3.8) is 0 Å². The van der Waals surface area contributed by atoms with Crippen molar-refractivity contribution in [2.45, 2.75) is 199 Å². The molecule has 2 saturated heterocycles. The second-order valence-electron chi connectivity index (χ2n) is 21.0. The summed E-state index contributed by atoms with van der Waals surface area (Å²) in [5.41, 5.74) is 0. The summed E-state index contributed by atoms with van der Waals surface area (Å²) in [5.74, 6) is 0. The summed E-state index contributed by atoms with van der Waals surface area (Å²) >= 11 is 0. The second-order valence-corrected chi connectivity index (χ2v) is 52.4. The van der Waals surface area contributed by atoms with Crippen LogP contribution in [0.5, 0.6) is 0 Å². The van der Waals surface area contributed by atoms with E-state index in [9.17, 15) is 5.11 Å². The molecule has 0 bridgehead atoms. The molecule has 2 rings (SSSR count). The highest BCUT2D eigenvalue weighted by Crippen LogP contribution is 2.38. The minimum absolute atomic E-state index is 0.229. The van der Waals surface area contributed by atoms with Crippen LogP contribution in [0.25, 0.3) is 0 Å². The van der Waals surface area contributed by atoms with Crippen LogP contribution in [0.2, 0.25) is 137 Å². The predicted octanol–water partition coefficient (Wildman–Crippen LogP) is 7.62. The first-order valence-electron chi connectivity index (χ1n) is 18.8. The third kappa shape index (κ3) is 18.3. The quantitative estimate of drug-likeness (QED) is 0.138. The first kappa shape index (κ1) is 48.2. The van der Waals surface area contributed by atoms with Gasteiger partial charge in [-0.15, -0.1) is 0 Å². The molecule has 2 fully saturated rings. The smallest absolute Gasteiger partial charge is 0.186 e. The number of aliphatic hydroxyl groups is 1. The number of rotatable bonds is 18. The molecule has 0 amide bonds. The number of aliphatic hydroxyl groups excluding tert-OH is 1. The molecule has 0 unspecified atom stereocenters. The summed E-state index contributed by atoms with van der Waals surface area (Å²) in [6.07, 6.45) is -6.86. The largest absolute Gasteiger partial charge is 0.415 e. The maximum Gasteiger partial charge on any atom is 0.186 e. The van der Waals surface area contributed by atoms with Crippen molar-refractivity contribution in [1.82, 2.24) is 0 Å². The van der Waals surface area contributed by atoms with Gasteiger partial charge in [0, 0.05) is 0 Å². The van der Waals surface area contributed by atoms with Gasteiger partial charge >= 0.3 is 0 Å². The zero-order valence-corrected chi connectivity index (χ0v) is 43.2. The van der Waals surface area contributed by atoms with Gasteiger partial charge in [-0.25, -0.2) is 0 Å². The molecular formula is C33H78O11Si7. The van der Waals surface area contributed by atoms with Crippen LogP contribution in [0, 0.1) is 0 Å². The fourth-order valence-corrected chi connectivity index (χ4v) is 12.6. The molecule has 0 aromatic carbocycles. The predicted molar refractivity (Wildman–Crippen MR) is 224 cm³/mol. The molecule has 2 aliphatic heterocycles. The first-order chi connectivity index (χ1) is 22.5. The van der Waals surface area contributed by atoms with Gasteiger partial charge in [0.25, 0.3) is 0 Å². The molecule has 10 atom stereocenters. The van der Waals surface area contributed by atoms with Crippen LogP contribution in [0.4, 0.5) is 0 Å². The first-order valence-corrected chi connectivity index (χ1v) is 42.7. The summed E-state index contributed by atoms with van der Waals surface area (Å²) in [5, 5.41) is 11.5. The van der Waals surface area contributed by atoms with Crippen LogP contribution in [0.15, 0.2) is 0 Å². The maximum absolute atomic E-state index is 11.5. The highest BCUT2D eigenvalue weighted by atomic mass is 28.4. The molecule has 0 aliphatic carbocycles. The van der Waals surface area contributed by atoms with Crippen LogP contribution >= 0.6 is 0 Å². The van der Waals surface area contributed by atoms with Crippen molar-refractivity contribution in [2.24, 2.45) is 0 Å². The Morgan fingerprint density at radius 2 is 0.686 bits per heavy atom. The highest BCUT2D eigenvalue weighted by molar-refractivity contribution is 6.72. The molecule has 2 heterocycles. The van der Waals surface area contributed by atoms with Crippen LogP contribution in [0.1, 0.15) is 0 Å². The lowest BCUT2D eigenvalue weighted by Gasteiger charge is -2.53. The second kappa shape index (κ2) is 17.7. The zero-order chi connectivity index (χ0) is 39.8. The van der Waals surface area contributed by atoms with Crippen molar-refractivity contribution in [1.29, 1.82) is 0 Å². The molecule has 18 heteroatoms. The van der Waals surface area contributed by atoms with Gasteiger partial charge in [0.2, 0.25) is 0 Å². The Balaban J connectivity index is 2.83. The number of hydrogen-bond acceptors (Lipinski definition) is 11. The highest BCUT2D eigenvalue weighted by Gasteiger charge is 2.56. The Morgan fingerprint density at radius 3 is 1.06 bits per heavy atom. The standard InChI is InChI=1S/C33H78O11Si7/c1-45(2,3)35-22-24-26(28(41-48(10,11)12)30(32(34)37-24)43-50(16,17)18)39-33-31(44-51(19,20)21)29(42-49(13,14)15)27(40-47(7,8)9)25(38-33)23-36-46(4,5)6/h24-34H,22-23H2,1-21H3/t24-,25-,26-,27+,28+,29+,30+,31-,32+,33+/m1/s1. The van der Waals surface area contributed by atoms with Gasteiger partial charge in [-0.1, -0.05) is 0 Å². The Morgan fingerprint density at radius 1 is 0.373 bits per heavy atom. The lowest BCUT2D eigenvalue weighted by molar-refractivity contribution is -0.346. The number of hydrogen-bond donors (Lipinski definition) is 1. The van der Waals surface area contributed by atoms with Gasteiger partial charge in [-0.3, -0.25) is 0 Å². The Labute approximate surface area is 319 Å². The van der Waals surface area contributed by atoms with Gasteiger partial charge in [-0.2, -0.15) is 0 Å². The molecule has 0 spiro atoms. The van der Waals surface area contributed by atoms with Gasteiger partial charge < -0.3 is 50.3 Å². The van der Waals surface area contributed by atoms with Crippen LogP contribution in [-0.4, -0.2) is 138 Å². The van der Waals surface area contributed by atoms with E-state index < -0.39 is 120 Å². The average molecular weight is 848 g/mol. The fourth-order valence-electron chi connectivity index (χ4n) is 5.84. The molecule has 0 saturated carbocycles. The summed E-state index contributed by atoms with van der Waals surface area (Å²) in [6, 6.07) is 0. The third-order valence-corrected chi connectivity index (χ3v) is 14.3. The molecule has 1 N–H and O–H groups in total. The molecule has 304 valence electrons. The monoisotopic (exact) mass is 846 g/mol. The fraction of sp³-hybridized carbons (Fsp3) is 1.00. The minimum atomic E-state index is -2.23. The van der Waals surface area contributed by atoms with Crippen molar-refractivity contribution in [3.05, 3.63) is 0 Å². The van der Waals surface area contributed by atoms with E-state index in [1.165, 1.54) is 0 Å². The third-order valence-electron chi connectivity index (χ3n) is 7.30. The van der Waals surface area contributed by atoms with Gasteiger partial charge in [0.05, 0.1) is 13.2 Å². The summed E-state index contributed by atoms with van der Waals surface area (Å²) < 4.78 is 68.5. The SMILES string of the molecule is C[Si](C)(C)OC[C@H]1O[C@@H](O[C@H]2[C@H](O[Si](C)(C)C)[C@H](O[Si](C)(C)C)[C@@H](O)O[C@@H]2CO[Si](C)(C)C)[C@H](O[Si](C)(C)C)[C@@H](O[Si](C)(C)C)[C@H]1O[Si](C)(C)C. The van der Waals surface area contributed by atoms with E-state index in [-0.39, 0.29) is 6.61 Å². The van der Waals surface area contributed by atoms with E-state index in [2.05, 4.69) is 137 Å². The maximum atomic E-state index is 11.5. The van der Waals surface area contributed by atoms with E-state index in [1.807, 2.05) is 0 Å². The summed E-state index contributed by atoms with van der Waals surface area (Å²) in [6.45, 7) is 45.9. The topological polar surface area (TPSA) is 113 Å². The number of ether oxygens (including phenoxy) is 3. The summed E-state index contributed by atoms with van der Waals surface area (Å²) in [4.78, 5) is 0. The van der Waals surface area contributed by atoms with Crippen LogP contribution in [0.3, 0.4) is 0 Å². The Kier molecular flexibility index (Phi) is 16.7. The van der Waals surface area contributed by atoms with Crippen molar-refractivity contribution in [3.8, 4) is 0 Å².